The summed E-state index contributed by atoms with van der Waals surface area (Å²) in [5.41, 5.74) is 0. The second kappa shape index (κ2) is 4.84. The number of hydrazone groups is 1. The summed E-state index contributed by atoms with van der Waals surface area (Å²) < 4.78 is 0. The lowest BCUT2D eigenvalue weighted by atomic mass is 10.3. The van der Waals surface area contributed by atoms with E-state index in [2.05, 4.69) is 51.7 Å². The van der Waals surface area contributed by atoms with Gasteiger partial charge in [-0.05, 0) is 36.2 Å². The maximum Gasteiger partial charge on any atom is 0.176 e. The Bertz CT molecular complexity index is 182. The lowest BCUT2D eigenvalue weighted by Gasteiger charge is -2.28. The molecule has 1 atom stereocenters. The molecule has 0 amide bonds. The predicted octanol–water partition coefficient (Wildman–Crippen LogP) is 2.43. The van der Waals surface area contributed by atoms with Gasteiger partial charge in [-0.15, -0.1) is 0 Å². The molecule has 13 heavy (non-hydrogen) atoms. The molecule has 0 aromatic heterocycles. The average molecular weight is 248 g/mol. The van der Waals surface area contributed by atoms with E-state index in [4.69, 9.17) is 0 Å². The lowest BCUT2D eigenvalue weighted by Crippen LogP contribution is -2.39. The third kappa shape index (κ3) is 2.59. The van der Waals surface area contributed by atoms with E-state index in [1.807, 2.05) is 6.34 Å². The average Bonchev–Trinajstić information content (AvgIpc) is 2.43. The van der Waals surface area contributed by atoms with Crippen LogP contribution < -0.4 is 0 Å². The highest BCUT2D eigenvalue weighted by atomic mass is 79.9. The van der Waals surface area contributed by atoms with Crippen LogP contribution in [0.5, 0.6) is 0 Å². The van der Waals surface area contributed by atoms with Gasteiger partial charge in [-0.3, -0.25) is 5.01 Å². The normalized spacial score (nSPS) is 22.1. The van der Waals surface area contributed by atoms with Gasteiger partial charge in [-0.1, -0.05) is 13.3 Å². The third-order valence-corrected chi connectivity index (χ3v) is 3.11. The van der Waals surface area contributed by atoms with E-state index >= 15 is 0 Å². The van der Waals surface area contributed by atoms with Gasteiger partial charge in [-0.25, -0.2) is 0 Å². The maximum atomic E-state index is 4.34. The topological polar surface area (TPSA) is 18.8 Å². The van der Waals surface area contributed by atoms with Crippen LogP contribution in [0.2, 0.25) is 0 Å². The fourth-order valence-electron chi connectivity index (χ4n) is 1.25. The quantitative estimate of drug-likeness (QED) is 0.562. The lowest BCUT2D eigenvalue weighted by molar-refractivity contribution is 0.188. The van der Waals surface area contributed by atoms with Crippen molar-refractivity contribution in [3.63, 3.8) is 0 Å². The number of halogens is 1. The van der Waals surface area contributed by atoms with Crippen LogP contribution in [0.1, 0.15) is 33.6 Å². The molecule has 0 fully saturated rings. The van der Waals surface area contributed by atoms with Crippen LogP contribution in [0, 0.1) is 0 Å². The summed E-state index contributed by atoms with van der Waals surface area (Å²) >= 11 is 3.63. The zero-order valence-corrected chi connectivity index (χ0v) is 10.2. The fraction of sp³-hybridized carbons (Fsp3) is 0.889. The van der Waals surface area contributed by atoms with E-state index in [-0.39, 0.29) is 5.08 Å². The molecule has 0 saturated heterocycles. The molecule has 1 aliphatic rings. The Morgan fingerprint density at radius 1 is 1.54 bits per heavy atom. The molecule has 1 aliphatic heterocycles. The maximum absolute atomic E-state index is 4.34. The van der Waals surface area contributed by atoms with E-state index in [1.54, 1.807) is 0 Å². The molecule has 0 aliphatic carbocycles. The summed E-state index contributed by atoms with van der Waals surface area (Å²) in [6, 6.07) is 0.500. The minimum Gasteiger partial charge on any atom is -0.328 e. The highest BCUT2D eigenvalue weighted by Gasteiger charge is 2.25. The summed E-state index contributed by atoms with van der Waals surface area (Å²) in [4.78, 5) is 2.20. The Hall–Kier alpha value is -0.250. The molecule has 0 aromatic carbocycles. The van der Waals surface area contributed by atoms with Gasteiger partial charge in [0.1, 0.15) is 6.34 Å². The predicted molar refractivity (Wildman–Crippen MR) is 59.8 cm³/mol. The molecule has 0 spiro atoms. The van der Waals surface area contributed by atoms with Gasteiger partial charge in [0, 0.05) is 12.6 Å². The largest absolute Gasteiger partial charge is 0.328 e. The van der Waals surface area contributed by atoms with Gasteiger partial charge in [0.05, 0.1) is 0 Å². The Morgan fingerprint density at radius 2 is 2.23 bits per heavy atom. The van der Waals surface area contributed by atoms with Crippen LogP contribution in [0.15, 0.2) is 5.10 Å². The van der Waals surface area contributed by atoms with E-state index in [0.29, 0.717) is 6.04 Å². The van der Waals surface area contributed by atoms with E-state index < -0.39 is 0 Å². The molecular weight excluding hydrogens is 230 g/mol. The van der Waals surface area contributed by atoms with Crippen molar-refractivity contribution in [3.8, 4) is 0 Å². The van der Waals surface area contributed by atoms with Crippen LogP contribution in [-0.4, -0.2) is 33.9 Å². The van der Waals surface area contributed by atoms with E-state index in [1.165, 1.54) is 12.8 Å². The zero-order valence-electron chi connectivity index (χ0n) is 8.57. The number of rotatable bonds is 4. The molecule has 1 unspecified atom stereocenters. The second-order valence-electron chi connectivity index (χ2n) is 3.60. The second-order valence-corrected chi connectivity index (χ2v) is 4.42. The van der Waals surface area contributed by atoms with Crippen molar-refractivity contribution in [2.24, 2.45) is 5.10 Å². The summed E-state index contributed by atoms with van der Waals surface area (Å²) in [6.45, 7) is 7.57. The molecule has 4 heteroatoms. The molecule has 3 nitrogen and oxygen atoms in total. The van der Waals surface area contributed by atoms with Crippen LogP contribution in [0.4, 0.5) is 0 Å². The third-order valence-electron chi connectivity index (χ3n) is 2.16. The first-order chi connectivity index (χ1) is 6.16. The summed E-state index contributed by atoms with van der Waals surface area (Å²) in [6.07, 6.45) is 4.33. The zero-order chi connectivity index (χ0) is 9.84. The first-order valence-corrected chi connectivity index (χ1v) is 5.80. The van der Waals surface area contributed by atoms with Crippen LogP contribution in [-0.2, 0) is 0 Å². The SMILES string of the molecule is CCCCN1N=CN(C(C)C)C1Br. The van der Waals surface area contributed by atoms with Gasteiger partial charge >= 0.3 is 0 Å². The minimum atomic E-state index is 0.249. The summed E-state index contributed by atoms with van der Waals surface area (Å²) in [7, 11) is 0. The van der Waals surface area contributed by atoms with Crippen molar-refractivity contribution < 1.29 is 0 Å². The fourth-order valence-corrected chi connectivity index (χ4v) is 2.14. The van der Waals surface area contributed by atoms with Crippen molar-refractivity contribution in [1.29, 1.82) is 0 Å². The molecule has 0 saturated carbocycles. The number of unbranched alkanes of at least 4 members (excludes halogenated alkanes) is 1. The molecule has 0 bridgehead atoms. The van der Waals surface area contributed by atoms with E-state index in [9.17, 15) is 0 Å². The molecule has 0 N–H and O–H groups in total. The minimum absolute atomic E-state index is 0.249. The molecule has 0 aromatic rings. The highest BCUT2D eigenvalue weighted by Crippen LogP contribution is 2.20. The van der Waals surface area contributed by atoms with Crippen molar-refractivity contribution in [2.45, 2.75) is 44.7 Å². The molecule has 1 heterocycles. The summed E-state index contributed by atoms with van der Waals surface area (Å²) in [5.74, 6) is 0. The first kappa shape index (κ1) is 10.8. The van der Waals surface area contributed by atoms with Gasteiger partial charge in [-0.2, -0.15) is 5.10 Å². The van der Waals surface area contributed by atoms with Gasteiger partial charge in [0.2, 0.25) is 0 Å². The van der Waals surface area contributed by atoms with Crippen molar-refractivity contribution in [3.05, 3.63) is 0 Å². The highest BCUT2D eigenvalue weighted by molar-refractivity contribution is 9.09. The van der Waals surface area contributed by atoms with Crippen molar-refractivity contribution in [1.82, 2.24) is 9.91 Å². The molecule has 76 valence electrons. The van der Waals surface area contributed by atoms with E-state index in [0.717, 1.165) is 6.54 Å². The number of hydrogen-bond donors (Lipinski definition) is 0. The van der Waals surface area contributed by atoms with Gasteiger partial charge in [0.15, 0.2) is 5.08 Å². The number of hydrogen-bond acceptors (Lipinski definition) is 3. The summed E-state index contributed by atoms with van der Waals surface area (Å²) in [5, 5.41) is 6.68. The van der Waals surface area contributed by atoms with Gasteiger partial charge < -0.3 is 4.90 Å². The van der Waals surface area contributed by atoms with Crippen molar-refractivity contribution >= 4 is 22.3 Å². The number of alkyl halides is 1. The molecular formula is C9H18BrN3. The first-order valence-electron chi connectivity index (χ1n) is 4.89. The Labute approximate surface area is 88.9 Å². The Morgan fingerprint density at radius 3 is 2.69 bits per heavy atom. The number of nitrogens with zero attached hydrogens (tertiary/aromatic N) is 3. The smallest absolute Gasteiger partial charge is 0.176 e. The van der Waals surface area contributed by atoms with Crippen LogP contribution in [0.25, 0.3) is 0 Å². The standard InChI is InChI=1S/C9H18BrN3/c1-4-5-6-13-9(10)12(7-11-13)8(2)3/h7-9H,4-6H2,1-3H3. The Kier molecular flexibility index (Phi) is 4.03. The molecule has 1 rings (SSSR count). The Balaban J connectivity index is 2.41. The van der Waals surface area contributed by atoms with Crippen LogP contribution >= 0.6 is 15.9 Å². The molecule has 0 radical (unpaired) electrons. The monoisotopic (exact) mass is 247 g/mol. The van der Waals surface area contributed by atoms with Crippen molar-refractivity contribution in [2.75, 3.05) is 6.54 Å². The van der Waals surface area contributed by atoms with Gasteiger partial charge in [0.25, 0.3) is 0 Å². The van der Waals surface area contributed by atoms with Crippen LogP contribution in [0.3, 0.4) is 0 Å².